The van der Waals surface area contributed by atoms with Gasteiger partial charge in [-0.1, -0.05) is 30.0 Å². The van der Waals surface area contributed by atoms with Crippen LogP contribution in [0.2, 0.25) is 0 Å². The van der Waals surface area contributed by atoms with Crippen molar-refractivity contribution in [3.05, 3.63) is 82.4 Å². The average molecular weight is 453 g/mol. The first-order valence-corrected chi connectivity index (χ1v) is 10.7. The highest BCUT2D eigenvalue weighted by Gasteiger charge is 2.18. The van der Waals surface area contributed by atoms with Crippen LogP contribution in [0.15, 0.2) is 70.6 Å². The number of rotatable bonds is 7. The average Bonchev–Trinajstić information content (AvgIpc) is 2.82. The molecule has 0 aliphatic carbocycles. The van der Waals surface area contributed by atoms with Crippen LogP contribution < -0.4 is 19.8 Å². The summed E-state index contributed by atoms with van der Waals surface area (Å²) in [5.41, 5.74) is 1.60. The highest BCUT2D eigenvalue weighted by Crippen LogP contribution is 2.32. The number of aromatic nitrogens is 2. The molecule has 0 N–H and O–H groups in total. The van der Waals surface area contributed by atoms with Gasteiger partial charge in [-0.15, -0.1) is 0 Å². The summed E-state index contributed by atoms with van der Waals surface area (Å²) >= 11 is 1.33. The van der Waals surface area contributed by atoms with E-state index in [1.807, 2.05) is 6.07 Å². The number of thioether (sulfide) groups is 1. The molecule has 0 bridgehead atoms. The van der Waals surface area contributed by atoms with Gasteiger partial charge in [0.05, 0.1) is 37.9 Å². The van der Waals surface area contributed by atoms with Crippen molar-refractivity contribution in [2.75, 3.05) is 21.3 Å². The number of ether oxygens (including phenoxy) is 3. The maximum Gasteiger partial charge on any atom is 0.266 e. The Morgan fingerprint density at radius 1 is 0.938 bits per heavy atom. The van der Waals surface area contributed by atoms with Gasteiger partial charge in [0.2, 0.25) is 0 Å². The highest BCUT2D eigenvalue weighted by molar-refractivity contribution is 7.98. The molecule has 164 valence electrons. The van der Waals surface area contributed by atoms with E-state index in [-0.39, 0.29) is 11.3 Å². The second-order valence-electron chi connectivity index (χ2n) is 6.85. The molecule has 0 saturated heterocycles. The molecule has 3 aromatic carbocycles. The Hall–Kier alpha value is -3.52. The first-order valence-electron chi connectivity index (χ1n) is 9.75. The quantitative estimate of drug-likeness (QED) is 0.295. The molecule has 1 aromatic heterocycles. The van der Waals surface area contributed by atoms with Gasteiger partial charge >= 0.3 is 0 Å². The van der Waals surface area contributed by atoms with Gasteiger partial charge < -0.3 is 14.2 Å². The van der Waals surface area contributed by atoms with Crippen LogP contribution in [-0.2, 0) is 5.75 Å². The van der Waals surface area contributed by atoms with Gasteiger partial charge in [-0.05, 0) is 42.0 Å². The summed E-state index contributed by atoms with van der Waals surface area (Å²) in [5.74, 6) is 1.22. The summed E-state index contributed by atoms with van der Waals surface area (Å²) in [7, 11) is 4.52. The molecule has 0 atom stereocenters. The topological polar surface area (TPSA) is 62.6 Å². The normalized spacial score (nSPS) is 10.9. The van der Waals surface area contributed by atoms with E-state index in [2.05, 4.69) is 0 Å². The van der Waals surface area contributed by atoms with E-state index in [1.165, 1.54) is 36.6 Å². The van der Waals surface area contributed by atoms with Crippen LogP contribution in [0.1, 0.15) is 5.56 Å². The first-order chi connectivity index (χ1) is 15.5. The lowest BCUT2D eigenvalue weighted by molar-refractivity contribution is 0.386. The molecule has 4 rings (SSSR count). The molecule has 1 heterocycles. The summed E-state index contributed by atoms with van der Waals surface area (Å²) in [6.45, 7) is 0. The molecule has 0 radical (unpaired) electrons. The lowest BCUT2D eigenvalue weighted by Crippen LogP contribution is -2.22. The minimum Gasteiger partial charge on any atom is -0.497 e. The van der Waals surface area contributed by atoms with Crippen molar-refractivity contribution in [3.8, 4) is 22.9 Å². The third-order valence-corrected chi connectivity index (χ3v) is 5.97. The zero-order chi connectivity index (χ0) is 22.7. The van der Waals surface area contributed by atoms with Crippen molar-refractivity contribution >= 4 is 22.7 Å². The van der Waals surface area contributed by atoms with Crippen LogP contribution in [0.3, 0.4) is 0 Å². The molecule has 0 spiro atoms. The van der Waals surface area contributed by atoms with E-state index in [9.17, 15) is 9.18 Å². The molecule has 6 nitrogen and oxygen atoms in total. The SMILES string of the molecule is COc1ccc(OC)c(-n2c(SCc3ccc(OC)c(F)c3)nc3ccccc3c2=O)c1. The van der Waals surface area contributed by atoms with Gasteiger partial charge in [-0.25, -0.2) is 9.37 Å². The Morgan fingerprint density at radius 2 is 1.69 bits per heavy atom. The van der Waals surface area contributed by atoms with Crippen LogP contribution in [0, 0.1) is 5.82 Å². The molecular formula is C24H21FN2O4S. The van der Waals surface area contributed by atoms with Crippen molar-refractivity contribution < 1.29 is 18.6 Å². The second kappa shape index (κ2) is 9.32. The molecule has 8 heteroatoms. The highest BCUT2D eigenvalue weighted by atomic mass is 32.2. The first kappa shape index (κ1) is 21.7. The predicted molar refractivity (Wildman–Crippen MR) is 123 cm³/mol. The zero-order valence-corrected chi connectivity index (χ0v) is 18.6. The van der Waals surface area contributed by atoms with Crippen LogP contribution in [0.4, 0.5) is 4.39 Å². The van der Waals surface area contributed by atoms with Gasteiger partial charge in [0.25, 0.3) is 5.56 Å². The fourth-order valence-corrected chi connectivity index (χ4v) is 4.29. The lowest BCUT2D eigenvalue weighted by atomic mass is 10.2. The van der Waals surface area contributed by atoms with Crippen molar-refractivity contribution in [1.29, 1.82) is 0 Å². The van der Waals surface area contributed by atoms with E-state index in [0.29, 0.717) is 39.0 Å². The summed E-state index contributed by atoms with van der Waals surface area (Å²) in [4.78, 5) is 18.2. The Balaban J connectivity index is 1.85. The minimum atomic E-state index is -0.441. The number of nitrogens with zero attached hydrogens (tertiary/aromatic N) is 2. The predicted octanol–water partition coefficient (Wildman–Crippen LogP) is 4.84. The minimum absolute atomic E-state index is 0.181. The number of para-hydroxylation sites is 1. The Bertz CT molecular complexity index is 1340. The van der Waals surface area contributed by atoms with E-state index >= 15 is 0 Å². The fourth-order valence-electron chi connectivity index (χ4n) is 3.34. The summed E-state index contributed by atoms with van der Waals surface area (Å²) in [6, 6.07) is 17.2. The Morgan fingerprint density at radius 3 is 2.41 bits per heavy atom. The van der Waals surface area contributed by atoms with Gasteiger partial charge in [0.1, 0.15) is 11.5 Å². The molecule has 0 saturated carbocycles. The lowest BCUT2D eigenvalue weighted by Gasteiger charge is -2.17. The van der Waals surface area contributed by atoms with E-state index in [4.69, 9.17) is 19.2 Å². The third kappa shape index (κ3) is 4.13. The second-order valence-corrected chi connectivity index (χ2v) is 7.79. The maximum atomic E-state index is 14.1. The largest absolute Gasteiger partial charge is 0.497 e. The number of methoxy groups -OCH3 is 3. The van der Waals surface area contributed by atoms with Crippen molar-refractivity contribution in [2.45, 2.75) is 10.9 Å². The zero-order valence-electron chi connectivity index (χ0n) is 17.8. The van der Waals surface area contributed by atoms with E-state index < -0.39 is 5.82 Å². The molecule has 4 aromatic rings. The van der Waals surface area contributed by atoms with Crippen molar-refractivity contribution in [1.82, 2.24) is 9.55 Å². The Labute approximate surface area is 188 Å². The number of hydrogen-bond donors (Lipinski definition) is 0. The summed E-state index contributed by atoms with van der Waals surface area (Å²) < 4.78 is 31.5. The fraction of sp³-hybridized carbons (Fsp3) is 0.167. The van der Waals surface area contributed by atoms with Crippen LogP contribution in [-0.4, -0.2) is 30.9 Å². The monoisotopic (exact) mass is 452 g/mol. The Kier molecular flexibility index (Phi) is 6.32. The van der Waals surface area contributed by atoms with Crippen LogP contribution in [0.25, 0.3) is 16.6 Å². The molecular weight excluding hydrogens is 431 g/mol. The third-order valence-electron chi connectivity index (χ3n) is 4.96. The number of halogens is 1. The number of fused-ring (bicyclic) bond motifs is 1. The van der Waals surface area contributed by atoms with Crippen molar-refractivity contribution in [2.24, 2.45) is 0 Å². The molecule has 0 amide bonds. The molecule has 0 unspecified atom stereocenters. The number of benzene rings is 3. The summed E-state index contributed by atoms with van der Waals surface area (Å²) in [6.07, 6.45) is 0. The van der Waals surface area contributed by atoms with Gasteiger partial charge in [0, 0.05) is 11.8 Å². The summed E-state index contributed by atoms with van der Waals surface area (Å²) in [5, 5.41) is 0.939. The van der Waals surface area contributed by atoms with E-state index in [1.54, 1.807) is 55.6 Å². The standard InChI is InChI=1S/C24H21FN2O4S/c1-29-16-9-11-22(31-3)20(13-16)27-23(28)17-6-4-5-7-19(17)26-24(27)32-14-15-8-10-21(30-2)18(25)12-15/h4-13H,14H2,1-3H3. The van der Waals surface area contributed by atoms with E-state index in [0.717, 1.165) is 5.56 Å². The van der Waals surface area contributed by atoms with Crippen molar-refractivity contribution in [3.63, 3.8) is 0 Å². The van der Waals surface area contributed by atoms with Gasteiger partial charge in [-0.2, -0.15) is 0 Å². The van der Waals surface area contributed by atoms with Crippen LogP contribution >= 0.6 is 11.8 Å². The van der Waals surface area contributed by atoms with Gasteiger partial charge in [-0.3, -0.25) is 9.36 Å². The smallest absolute Gasteiger partial charge is 0.266 e. The maximum absolute atomic E-state index is 14.1. The molecule has 0 aliphatic heterocycles. The molecule has 32 heavy (non-hydrogen) atoms. The van der Waals surface area contributed by atoms with Gasteiger partial charge in [0.15, 0.2) is 16.7 Å². The van der Waals surface area contributed by atoms with Crippen LogP contribution in [0.5, 0.6) is 17.2 Å². The number of hydrogen-bond acceptors (Lipinski definition) is 6. The molecule has 0 aliphatic rings. The molecule has 0 fully saturated rings.